The second kappa shape index (κ2) is 9.56. The van der Waals surface area contributed by atoms with Gasteiger partial charge in [0.25, 0.3) is 5.91 Å². The van der Waals surface area contributed by atoms with Crippen molar-refractivity contribution in [2.45, 2.75) is 26.4 Å². The van der Waals surface area contributed by atoms with E-state index in [4.69, 9.17) is 14.2 Å². The summed E-state index contributed by atoms with van der Waals surface area (Å²) < 4.78 is 28.9. The van der Waals surface area contributed by atoms with Crippen LogP contribution in [-0.4, -0.2) is 31.7 Å². The minimum atomic E-state index is -1.04. The van der Waals surface area contributed by atoms with Crippen molar-refractivity contribution < 1.29 is 28.2 Å². The van der Waals surface area contributed by atoms with Crippen LogP contribution in [0.2, 0.25) is 0 Å². The molecule has 0 unspecified atom stereocenters. The summed E-state index contributed by atoms with van der Waals surface area (Å²) >= 11 is 0. The van der Waals surface area contributed by atoms with E-state index in [0.717, 1.165) is 6.42 Å². The number of methoxy groups -OCH3 is 1. The lowest BCUT2D eigenvalue weighted by Crippen LogP contribution is -2.30. The Bertz CT molecular complexity index is 791. The third kappa shape index (κ3) is 5.70. The first-order chi connectivity index (χ1) is 12.9. The Kier molecular flexibility index (Phi) is 7.16. The summed E-state index contributed by atoms with van der Waals surface area (Å²) in [6, 6.07) is 9.94. The number of nitrogens with one attached hydrogen (secondary N) is 1. The van der Waals surface area contributed by atoms with Crippen LogP contribution in [-0.2, 0) is 9.53 Å². The van der Waals surface area contributed by atoms with Gasteiger partial charge in [0.15, 0.2) is 17.6 Å². The Morgan fingerprint density at radius 1 is 1.11 bits per heavy atom. The van der Waals surface area contributed by atoms with E-state index in [1.807, 2.05) is 6.92 Å². The van der Waals surface area contributed by atoms with Crippen LogP contribution in [0.1, 0.15) is 30.6 Å². The topological polar surface area (TPSA) is 73.9 Å². The lowest BCUT2D eigenvalue weighted by molar-refractivity contribution is -0.123. The van der Waals surface area contributed by atoms with Gasteiger partial charge in [-0.05, 0) is 55.8 Å². The van der Waals surface area contributed by atoms with Crippen LogP contribution >= 0.6 is 0 Å². The summed E-state index contributed by atoms with van der Waals surface area (Å²) in [6.45, 7) is 3.96. The van der Waals surface area contributed by atoms with E-state index in [2.05, 4.69) is 5.32 Å². The summed E-state index contributed by atoms with van der Waals surface area (Å²) in [4.78, 5) is 24.4. The molecule has 0 aliphatic carbocycles. The quantitative estimate of drug-likeness (QED) is 0.711. The van der Waals surface area contributed by atoms with Crippen LogP contribution in [0, 0.1) is 5.82 Å². The Balaban J connectivity index is 2.00. The van der Waals surface area contributed by atoms with Gasteiger partial charge in [0.1, 0.15) is 5.82 Å². The molecule has 27 heavy (non-hydrogen) atoms. The van der Waals surface area contributed by atoms with Gasteiger partial charge in [-0.25, -0.2) is 9.18 Å². The number of amides is 1. The maximum atomic E-state index is 12.9. The average Bonchev–Trinajstić information content (AvgIpc) is 2.67. The number of carbonyl (C=O) groups excluding carboxylic acids is 2. The number of carbonyl (C=O) groups is 2. The number of rotatable bonds is 8. The molecule has 7 heteroatoms. The molecule has 1 atom stereocenters. The van der Waals surface area contributed by atoms with Gasteiger partial charge in [-0.2, -0.15) is 0 Å². The third-order valence-electron chi connectivity index (χ3n) is 3.63. The molecule has 0 radical (unpaired) electrons. The molecule has 1 amide bonds. The van der Waals surface area contributed by atoms with Crippen LogP contribution in [0.5, 0.6) is 11.5 Å². The summed E-state index contributed by atoms with van der Waals surface area (Å²) in [5, 5.41) is 2.55. The normalized spacial score (nSPS) is 11.4. The fraction of sp³-hybridized carbons (Fsp3) is 0.300. The largest absolute Gasteiger partial charge is 0.493 e. The van der Waals surface area contributed by atoms with Gasteiger partial charge in [-0.1, -0.05) is 6.92 Å². The predicted octanol–water partition coefficient (Wildman–Crippen LogP) is 3.81. The summed E-state index contributed by atoms with van der Waals surface area (Å²) in [7, 11) is 1.47. The third-order valence-corrected chi connectivity index (χ3v) is 3.63. The van der Waals surface area contributed by atoms with E-state index in [1.54, 1.807) is 12.1 Å². The number of benzene rings is 2. The summed E-state index contributed by atoms with van der Waals surface area (Å²) in [6.07, 6.45) is -0.197. The highest BCUT2D eigenvalue weighted by atomic mass is 19.1. The standard InChI is InChI=1S/C20H22FNO5/c1-4-11-26-17-10-5-14(12-18(17)25-3)20(24)27-13(2)19(23)22-16-8-6-15(21)7-9-16/h5-10,12-13H,4,11H2,1-3H3,(H,22,23)/t13-/m1/s1. The molecular weight excluding hydrogens is 353 g/mol. The van der Waals surface area contributed by atoms with Gasteiger partial charge < -0.3 is 19.5 Å². The molecule has 2 aromatic carbocycles. The van der Waals surface area contributed by atoms with Crippen molar-refractivity contribution in [1.29, 1.82) is 0 Å². The van der Waals surface area contributed by atoms with Crippen LogP contribution < -0.4 is 14.8 Å². The van der Waals surface area contributed by atoms with Gasteiger partial charge in [0.2, 0.25) is 0 Å². The van der Waals surface area contributed by atoms with Crippen molar-refractivity contribution >= 4 is 17.6 Å². The molecule has 2 rings (SSSR count). The molecular formula is C20H22FNO5. The molecule has 6 nitrogen and oxygen atoms in total. The van der Waals surface area contributed by atoms with Crippen molar-refractivity contribution in [3.63, 3.8) is 0 Å². The number of ether oxygens (including phenoxy) is 3. The van der Waals surface area contributed by atoms with E-state index in [0.29, 0.717) is 23.8 Å². The van der Waals surface area contributed by atoms with Crippen molar-refractivity contribution in [2.75, 3.05) is 19.0 Å². The highest BCUT2D eigenvalue weighted by Gasteiger charge is 2.20. The first-order valence-electron chi connectivity index (χ1n) is 8.52. The molecule has 0 saturated carbocycles. The van der Waals surface area contributed by atoms with Crippen molar-refractivity contribution in [2.24, 2.45) is 0 Å². The van der Waals surface area contributed by atoms with Gasteiger partial charge in [0.05, 0.1) is 19.3 Å². The van der Waals surface area contributed by atoms with Crippen molar-refractivity contribution in [1.82, 2.24) is 0 Å². The van der Waals surface area contributed by atoms with E-state index < -0.39 is 23.8 Å². The zero-order valence-corrected chi connectivity index (χ0v) is 15.5. The molecule has 144 valence electrons. The lowest BCUT2D eigenvalue weighted by atomic mass is 10.2. The molecule has 0 aromatic heterocycles. The average molecular weight is 375 g/mol. The number of esters is 1. The van der Waals surface area contributed by atoms with Gasteiger partial charge in [0, 0.05) is 5.69 Å². The number of halogens is 1. The minimum absolute atomic E-state index is 0.233. The number of anilines is 1. The summed E-state index contributed by atoms with van der Waals surface area (Å²) in [5.41, 5.74) is 0.639. The van der Waals surface area contributed by atoms with Crippen LogP contribution in [0.4, 0.5) is 10.1 Å². The number of hydrogen-bond acceptors (Lipinski definition) is 5. The second-order valence-corrected chi connectivity index (χ2v) is 5.76. The van der Waals surface area contributed by atoms with E-state index >= 15 is 0 Å². The van der Waals surface area contributed by atoms with E-state index in [-0.39, 0.29) is 5.56 Å². The molecule has 2 aromatic rings. The molecule has 0 aliphatic heterocycles. The minimum Gasteiger partial charge on any atom is -0.493 e. The van der Waals surface area contributed by atoms with Crippen LogP contribution in [0.25, 0.3) is 0 Å². The Morgan fingerprint density at radius 2 is 1.81 bits per heavy atom. The van der Waals surface area contributed by atoms with Crippen molar-refractivity contribution in [3.05, 3.63) is 53.8 Å². The Hall–Kier alpha value is -3.09. The monoisotopic (exact) mass is 375 g/mol. The fourth-order valence-electron chi connectivity index (χ4n) is 2.19. The predicted molar refractivity (Wildman–Crippen MR) is 98.7 cm³/mol. The molecule has 0 saturated heterocycles. The van der Waals surface area contributed by atoms with Crippen LogP contribution in [0.15, 0.2) is 42.5 Å². The second-order valence-electron chi connectivity index (χ2n) is 5.76. The highest BCUT2D eigenvalue weighted by Crippen LogP contribution is 2.28. The fourth-order valence-corrected chi connectivity index (χ4v) is 2.19. The first kappa shape index (κ1) is 20.2. The van der Waals surface area contributed by atoms with E-state index in [9.17, 15) is 14.0 Å². The van der Waals surface area contributed by atoms with Crippen LogP contribution in [0.3, 0.4) is 0 Å². The lowest BCUT2D eigenvalue weighted by Gasteiger charge is -2.15. The first-order valence-corrected chi connectivity index (χ1v) is 8.52. The molecule has 1 N–H and O–H groups in total. The smallest absolute Gasteiger partial charge is 0.339 e. The molecule has 0 aliphatic rings. The SMILES string of the molecule is CCCOc1ccc(C(=O)O[C@H](C)C(=O)Nc2ccc(F)cc2)cc1OC. The highest BCUT2D eigenvalue weighted by molar-refractivity contribution is 5.97. The maximum absolute atomic E-state index is 12.9. The van der Waals surface area contributed by atoms with E-state index in [1.165, 1.54) is 44.4 Å². The molecule has 0 fully saturated rings. The summed E-state index contributed by atoms with van der Waals surface area (Å²) in [5.74, 6) is -0.672. The van der Waals surface area contributed by atoms with Gasteiger partial charge in [-0.3, -0.25) is 4.79 Å². The number of hydrogen-bond donors (Lipinski definition) is 1. The zero-order valence-electron chi connectivity index (χ0n) is 15.5. The molecule has 0 bridgehead atoms. The molecule has 0 spiro atoms. The maximum Gasteiger partial charge on any atom is 0.339 e. The Morgan fingerprint density at radius 3 is 2.44 bits per heavy atom. The van der Waals surface area contributed by atoms with Gasteiger partial charge in [-0.15, -0.1) is 0 Å². The Labute approximate surface area is 157 Å². The van der Waals surface area contributed by atoms with Crippen molar-refractivity contribution in [3.8, 4) is 11.5 Å². The molecule has 0 heterocycles. The van der Waals surface area contributed by atoms with Gasteiger partial charge >= 0.3 is 5.97 Å². The zero-order chi connectivity index (χ0) is 19.8.